The molecule has 268 valence electrons. The molecule has 14 heteroatoms. The molecule has 51 heavy (non-hydrogen) atoms. The smallest absolute Gasteiger partial charge is 0.341 e. The number of para-hydroxylation sites is 1. The highest BCUT2D eigenvalue weighted by Gasteiger charge is 2.52. The maximum Gasteiger partial charge on any atom is 0.341 e. The Kier molecular flexibility index (Phi) is 9.73. The lowest BCUT2D eigenvalue weighted by molar-refractivity contribution is -0.128. The quantitative estimate of drug-likeness (QED) is 0.200. The number of nitrogens with zero attached hydrogens (tertiary/aromatic N) is 3. The Hall–Kier alpha value is -4.92. The summed E-state index contributed by atoms with van der Waals surface area (Å²) in [6.07, 6.45) is 5.16. The van der Waals surface area contributed by atoms with Crippen LogP contribution in [0.5, 0.6) is 17.2 Å². The SMILES string of the molecule is NCC1CCCC(CN2C(=O)C(Cc3c[nH]c4ccccc34)N(S(=O)(=O)c3ccc(Oc4ccc(O)cc4)c(C(=O)N4CCOCC4)c3)C2=O)C1. The zero-order chi connectivity index (χ0) is 35.7. The molecule has 1 aromatic heterocycles. The van der Waals surface area contributed by atoms with Gasteiger partial charge in [0, 0.05) is 43.2 Å². The predicted molar refractivity (Wildman–Crippen MR) is 188 cm³/mol. The lowest BCUT2D eigenvalue weighted by atomic mass is 9.81. The molecule has 3 aromatic carbocycles. The molecule has 4 N–H and O–H groups in total. The van der Waals surface area contributed by atoms with Crippen LogP contribution in [0.3, 0.4) is 0 Å². The lowest BCUT2D eigenvalue weighted by Gasteiger charge is -2.30. The molecule has 2 saturated heterocycles. The van der Waals surface area contributed by atoms with Gasteiger partial charge < -0.3 is 30.2 Å². The van der Waals surface area contributed by atoms with E-state index in [0.717, 1.165) is 41.5 Å². The van der Waals surface area contributed by atoms with Gasteiger partial charge in [0.1, 0.15) is 23.3 Å². The number of aromatic hydroxyl groups is 1. The third kappa shape index (κ3) is 6.90. The minimum Gasteiger partial charge on any atom is -0.508 e. The second-order valence-electron chi connectivity index (χ2n) is 13.4. The van der Waals surface area contributed by atoms with Crippen LogP contribution in [0.1, 0.15) is 41.6 Å². The molecule has 3 unspecified atom stereocenters. The maximum absolute atomic E-state index is 14.7. The summed E-state index contributed by atoms with van der Waals surface area (Å²) in [5, 5.41) is 10.6. The molecule has 3 aliphatic rings. The molecule has 3 heterocycles. The highest BCUT2D eigenvalue weighted by molar-refractivity contribution is 7.89. The van der Waals surface area contributed by atoms with Gasteiger partial charge >= 0.3 is 6.03 Å². The molecule has 1 saturated carbocycles. The highest BCUT2D eigenvalue weighted by atomic mass is 32.2. The molecule has 0 bridgehead atoms. The number of ether oxygens (including phenoxy) is 2. The number of nitrogens with one attached hydrogen (secondary N) is 1. The van der Waals surface area contributed by atoms with E-state index >= 15 is 0 Å². The van der Waals surface area contributed by atoms with Crippen LogP contribution in [0.4, 0.5) is 4.79 Å². The standard InChI is InChI=1S/C37H41N5O8S/c38-21-24-4-3-5-25(18-24)23-41-36(45)33(19-26-22-39-32-7-2-1-6-30(26)32)42(37(41)46)51(47,48)29-12-13-34(50-28-10-8-27(43)9-11-28)31(20-29)35(44)40-14-16-49-17-15-40/h1-2,6-13,20,22,24-25,33,39,43H,3-5,14-19,21,23,38H2. The number of rotatable bonds is 10. The molecule has 0 radical (unpaired) electrons. The summed E-state index contributed by atoms with van der Waals surface area (Å²) in [7, 11) is -4.69. The number of imide groups is 1. The predicted octanol–water partition coefficient (Wildman–Crippen LogP) is 4.47. The van der Waals surface area contributed by atoms with Crippen molar-refractivity contribution in [2.45, 2.75) is 43.0 Å². The van der Waals surface area contributed by atoms with Gasteiger partial charge in [-0.1, -0.05) is 24.6 Å². The summed E-state index contributed by atoms with van der Waals surface area (Å²) in [4.78, 5) is 47.8. The van der Waals surface area contributed by atoms with E-state index in [0.29, 0.717) is 48.5 Å². The third-order valence-corrected chi connectivity index (χ3v) is 11.9. The number of phenols is 1. The van der Waals surface area contributed by atoms with Gasteiger partial charge in [0.2, 0.25) is 0 Å². The van der Waals surface area contributed by atoms with E-state index < -0.39 is 33.9 Å². The second kappa shape index (κ2) is 14.4. The van der Waals surface area contributed by atoms with Crippen molar-refractivity contribution in [3.63, 3.8) is 0 Å². The van der Waals surface area contributed by atoms with Crippen molar-refractivity contribution in [1.82, 2.24) is 19.1 Å². The number of phenolic OH excluding ortho intramolecular Hbond substituents is 1. The summed E-state index contributed by atoms with van der Waals surface area (Å²) in [6.45, 7) is 1.84. The van der Waals surface area contributed by atoms with Crippen LogP contribution in [0, 0.1) is 11.8 Å². The number of H-pyrrole nitrogens is 1. The summed E-state index contributed by atoms with van der Waals surface area (Å²) in [5.74, 6) is -0.347. The van der Waals surface area contributed by atoms with Crippen molar-refractivity contribution in [1.29, 1.82) is 0 Å². The Morgan fingerprint density at radius 1 is 1.00 bits per heavy atom. The average Bonchev–Trinajstić information content (AvgIpc) is 3.66. The van der Waals surface area contributed by atoms with E-state index in [9.17, 15) is 27.9 Å². The van der Waals surface area contributed by atoms with Crippen molar-refractivity contribution in [2.75, 3.05) is 39.4 Å². The van der Waals surface area contributed by atoms with Crippen LogP contribution in [0.15, 0.2) is 77.8 Å². The number of urea groups is 1. The first-order valence-corrected chi connectivity index (χ1v) is 18.7. The van der Waals surface area contributed by atoms with Crippen LogP contribution in [-0.4, -0.2) is 95.9 Å². The molecule has 0 spiro atoms. The van der Waals surface area contributed by atoms with Gasteiger partial charge in [0.25, 0.3) is 21.8 Å². The molecule has 4 amide bonds. The number of sulfonamides is 1. The molecular weight excluding hydrogens is 675 g/mol. The van der Waals surface area contributed by atoms with Crippen molar-refractivity contribution in [3.8, 4) is 17.2 Å². The van der Waals surface area contributed by atoms with Crippen molar-refractivity contribution >= 4 is 38.8 Å². The average molecular weight is 716 g/mol. The van der Waals surface area contributed by atoms with E-state index in [1.54, 1.807) is 11.1 Å². The van der Waals surface area contributed by atoms with Crippen molar-refractivity contribution in [3.05, 3.63) is 84.1 Å². The fraction of sp³-hybridized carbons (Fsp3) is 0.378. The monoisotopic (exact) mass is 715 g/mol. The Balaban J connectivity index is 1.27. The largest absolute Gasteiger partial charge is 0.508 e. The first-order chi connectivity index (χ1) is 24.6. The number of nitrogens with two attached hydrogens (primary N) is 1. The summed E-state index contributed by atoms with van der Waals surface area (Å²) in [6, 6.07) is 15.0. The number of hydrogen-bond acceptors (Lipinski definition) is 9. The van der Waals surface area contributed by atoms with Gasteiger partial charge in [0.05, 0.1) is 23.7 Å². The number of amides is 4. The van der Waals surface area contributed by atoms with Gasteiger partial charge in [-0.15, -0.1) is 0 Å². The van der Waals surface area contributed by atoms with Crippen LogP contribution >= 0.6 is 0 Å². The van der Waals surface area contributed by atoms with Crippen molar-refractivity contribution in [2.24, 2.45) is 17.6 Å². The summed E-state index contributed by atoms with van der Waals surface area (Å²) < 4.78 is 41.5. The number of fused-ring (bicyclic) bond motifs is 1. The fourth-order valence-electron chi connectivity index (χ4n) is 7.40. The molecule has 7 rings (SSSR count). The van der Waals surface area contributed by atoms with Gasteiger partial charge in [-0.2, -0.15) is 0 Å². The number of carbonyl (C=O) groups is 3. The zero-order valence-electron chi connectivity index (χ0n) is 28.1. The van der Waals surface area contributed by atoms with Crippen LogP contribution in [0.2, 0.25) is 0 Å². The first-order valence-electron chi connectivity index (χ1n) is 17.3. The Bertz CT molecular complexity index is 2040. The Morgan fingerprint density at radius 3 is 2.51 bits per heavy atom. The van der Waals surface area contributed by atoms with E-state index in [1.807, 2.05) is 24.3 Å². The number of carbonyl (C=O) groups excluding carboxylic acids is 3. The Labute approximate surface area is 296 Å². The minimum absolute atomic E-state index is 0.00525. The highest BCUT2D eigenvalue weighted by Crippen LogP contribution is 2.36. The molecular formula is C37H41N5O8S. The van der Waals surface area contributed by atoms with Gasteiger partial charge in [0.15, 0.2) is 0 Å². The number of aromatic amines is 1. The first kappa shape index (κ1) is 34.5. The number of aromatic nitrogens is 1. The van der Waals surface area contributed by atoms with Gasteiger partial charge in [-0.3, -0.25) is 14.5 Å². The number of benzene rings is 3. The van der Waals surface area contributed by atoms with Crippen molar-refractivity contribution < 1.29 is 37.4 Å². The minimum atomic E-state index is -4.69. The van der Waals surface area contributed by atoms with Crippen LogP contribution in [-0.2, 0) is 26.0 Å². The zero-order valence-corrected chi connectivity index (χ0v) is 28.9. The summed E-state index contributed by atoms with van der Waals surface area (Å²) in [5.41, 5.74) is 7.44. The van der Waals surface area contributed by atoms with Gasteiger partial charge in [-0.25, -0.2) is 17.5 Å². The van der Waals surface area contributed by atoms with E-state index in [2.05, 4.69) is 4.98 Å². The number of morpholine rings is 1. The summed E-state index contributed by atoms with van der Waals surface area (Å²) >= 11 is 0. The maximum atomic E-state index is 14.7. The second-order valence-corrected chi connectivity index (χ2v) is 15.2. The Morgan fingerprint density at radius 2 is 1.75 bits per heavy atom. The normalized spacial score (nSPS) is 21.4. The third-order valence-electron chi connectivity index (χ3n) is 10.1. The molecule has 13 nitrogen and oxygen atoms in total. The number of hydrogen-bond donors (Lipinski definition) is 3. The topological polar surface area (TPSA) is 176 Å². The molecule has 2 aliphatic heterocycles. The molecule has 1 aliphatic carbocycles. The molecule has 3 atom stereocenters. The van der Waals surface area contributed by atoms with E-state index in [1.165, 1.54) is 42.5 Å². The van der Waals surface area contributed by atoms with E-state index in [-0.39, 0.29) is 46.8 Å². The lowest BCUT2D eigenvalue weighted by Crippen LogP contribution is -2.42. The van der Waals surface area contributed by atoms with Gasteiger partial charge in [-0.05, 0) is 91.7 Å². The fourth-order valence-corrected chi connectivity index (χ4v) is 8.94. The molecule has 4 aromatic rings. The van der Waals surface area contributed by atoms with E-state index in [4.69, 9.17) is 15.2 Å². The molecule has 3 fully saturated rings. The van der Waals surface area contributed by atoms with Crippen LogP contribution < -0.4 is 10.5 Å². The van der Waals surface area contributed by atoms with Crippen LogP contribution in [0.25, 0.3) is 10.9 Å².